The Balaban J connectivity index is 1.93. The Morgan fingerprint density at radius 1 is 1.45 bits per heavy atom. The molecule has 22 heavy (non-hydrogen) atoms. The van der Waals surface area contributed by atoms with Crippen LogP contribution in [-0.2, 0) is 16.8 Å². The van der Waals surface area contributed by atoms with Crippen molar-refractivity contribution in [3.63, 3.8) is 0 Å². The first-order valence-electron chi connectivity index (χ1n) is 8.27. The third kappa shape index (κ3) is 1.87. The summed E-state index contributed by atoms with van der Waals surface area (Å²) >= 11 is 0. The molecule has 4 nitrogen and oxygen atoms in total. The summed E-state index contributed by atoms with van der Waals surface area (Å²) in [4.78, 5) is 5.67. The average molecular weight is 300 g/mol. The number of nitrogens with zero attached hydrogens (tertiary/aromatic N) is 1. The number of aliphatic hydroxyl groups excluding tert-OH is 1. The maximum absolute atomic E-state index is 10.4. The minimum Gasteiger partial charge on any atom is -0.392 e. The molecule has 1 aromatic carbocycles. The van der Waals surface area contributed by atoms with E-state index in [2.05, 4.69) is 48.3 Å². The van der Waals surface area contributed by atoms with E-state index >= 15 is 0 Å². The molecule has 2 aliphatic rings. The van der Waals surface area contributed by atoms with Crippen molar-refractivity contribution < 1.29 is 9.84 Å². The molecule has 1 aliphatic heterocycles. The average Bonchev–Trinajstić information content (AvgIpc) is 2.91. The van der Waals surface area contributed by atoms with Crippen molar-refractivity contribution >= 4 is 10.9 Å². The minimum atomic E-state index is -0.392. The smallest absolute Gasteiger partial charge is 0.112 e. The Bertz CT molecular complexity index is 695. The number of aliphatic hydroxyl groups is 1. The quantitative estimate of drug-likeness (QED) is 0.915. The SMILES string of the molecule is CCCO[C@]12CC(O)CN(C)[C@@H]1Cc1c[nH]c3cccc2c13. The standard InChI is InChI=1S/C18H24N2O2/c1-3-7-22-18-9-13(21)11-20(2)16(18)8-12-10-19-15-6-4-5-14(18)17(12)15/h4-6,10,13,16,19,21H,3,7-9,11H2,1-2H3/t13?,16-,18+/m1/s1. The van der Waals surface area contributed by atoms with Gasteiger partial charge in [0.05, 0.1) is 6.10 Å². The van der Waals surface area contributed by atoms with E-state index in [0.29, 0.717) is 6.42 Å². The number of fused-ring (bicyclic) bond motifs is 2. The first kappa shape index (κ1) is 14.2. The van der Waals surface area contributed by atoms with Crippen LogP contribution in [0.3, 0.4) is 0 Å². The highest BCUT2D eigenvalue weighted by atomic mass is 16.5. The van der Waals surface area contributed by atoms with Gasteiger partial charge in [0.15, 0.2) is 0 Å². The molecule has 2 heterocycles. The molecule has 0 spiro atoms. The molecule has 0 bridgehead atoms. The second-order valence-electron chi connectivity index (χ2n) is 6.80. The lowest BCUT2D eigenvalue weighted by Crippen LogP contribution is -2.61. The lowest BCUT2D eigenvalue weighted by Gasteiger charge is -2.52. The number of hydrogen-bond acceptors (Lipinski definition) is 3. The summed E-state index contributed by atoms with van der Waals surface area (Å²) in [7, 11) is 2.11. The van der Waals surface area contributed by atoms with Crippen LogP contribution in [0.15, 0.2) is 24.4 Å². The minimum absolute atomic E-state index is 0.288. The third-order valence-electron chi connectivity index (χ3n) is 5.33. The number of aromatic amines is 1. The Morgan fingerprint density at radius 3 is 3.14 bits per heavy atom. The summed E-state index contributed by atoms with van der Waals surface area (Å²) in [6.07, 6.45) is 4.45. The number of ether oxygens (including phenoxy) is 1. The van der Waals surface area contributed by atoms with E-state index in [-0.39, 0.29) is 12.1 Å². The molecular formula is C18H24N2O2. The number of benzene rings is 1. The van der Waals surface area contributed by atoms with Gasteiger partial charge in [-0.2, -0.15) is 0 Å². The van der Waals surface area contributed by atoms with Crippen molar-refractivity contribution in [1.82, 2.24) is 9.88 Å². The van der Waals surface area contributed by atoms with Crippen molar-refractivity contribution in [2.75, 3.05) is 20.2 Å². The maximum atomic E-state index is 10.4. The molecule has 1 aromatic heterocycles. The van der Waals surface area contributed by atoms with Gasteiger partial charge >= 0.3 is 0 Å². The summed E-state index contributed by atoms with van der Waals surface area (Å²) in [5.41, 5.74) is 3.40. The van der Waals surface area contributed by atoms with Gasteiger partial charge in [0.1, 0.15) is 5.60 Å². The highest BCUT2D eigenvalue weighted by Gasteiger charge is 2.51. The summed E-state index contributed by atoms with van der Waals surface area (Å²) < 4.78 is 6.47. The van der Waals surface area contributed by atoms with Crippen LogP contribution in [0.4, 0.5) is 0 Å². The number of likely N-dealkylation sites (tertiary alicyclic amines) is 1. The number of H-pyrrole nitrogens is 1. The Hall–Kier alpha value is -1.36. The summed E-state index contributed by atoms with van der Waals surface area (Å²) in [5.74, 6) is 0. The van der Waals surface area contributed by atoms with Crippen molar-refractivity contribution in [3.05, 3.63) is 35.5 Å². The first-order chi connectivity index (χ1) is 10.7. The lowest BCUT2D eigenvalue weighted by atomic mass is 9.70. The number of β-amino-alcohol motifs (C(OH)–C–C–N with tert-alkyl or cyclic N) is 1. The van der Waals surface area contributed by atoms with Crippen LogP contribution >= 0.6 is 0 Å². The van der Waals surface area contributed by atoms with Gasteiger partial charge < -0.3 is 14.8 Å². The van der Waals surface area contributed by atoms with Gasteiger partial charge in [-0.25, -0.2) is 0 Å². The van der Waals surface area contributed by atoms with E-state index in [9.17, 15) is 5.11 Å². The molecule has 0 saturated carbocycles. The van der Waals surface area contributed by atoms with Crippen molar-refractivity contribution in [2.45, 2.75) is 43.9 Å². The van der Waals surface area contributed by atoms with Gasteiger partial charge in [0.2, 0.25) is 0 Å². The van der Waals surface area contributed by atoms with Crippen LogP contribution in [0.25, 0.3) is 10.9 Å². The number of rotatable bonds is 3. The van der Waals surface area contributed by atoms with E-state index in [1.54, 1.807) is 0 Å². The number of aromatic nitrogens is 1. The lowest BCUT2D eigenvalue weighted by molar-refractivity contribution is -0.158. The fourth-order valence-electron chi connectivity index (χ4n) is 4.47. The largest absolute Gasteiger partial charge is 0.392 e. The molecule has 1 saturated heterocycles. The predicted molar refractivity (Wildman–Crippen MR) is 87.0 cm³/mol. The molecule has 1 unspecified atom stereocenters. The van der Waals surface area contributed by atoms with Gasteiger partial charge in [-0.3, -0.25) is 4.90 Å². The fraction of sp³-hybridized carbons (Fsp3) is 0.556. The van der Waals surface area contributed by atoms with Crippen LogP contribution in [0, 0.1) is 0 Å². The maximum Gasteiger partial charge on any atom is 0.112 e. The molecule has 4 heteroatoms. The zero-order chi connectivity index (χ0) is 15.3. The van der Waals surface area contributed by atoms with Crippen molar-refractivity contribution in [2.24, 2.45) is 0 Å². The number of nitrogens with one attached hydrogen (secondary N) is 1. The zero-order valence-electron chi connectivity index (χ0n) is 13.3. The molecule has 2 N–H and O–H groups in total. The highest BCUT2D eigenvalue weighted by molar-refractivity contribution is 5.88. The molecule has 1 fully saturated rings. The molecule has 118 valence electrons. The molecule has 0 amide bonds. The molecule has 0 radical (unpaired) electrons. The molecular weight excluding hydrogens is 276 g/mol. The number of piperidine rings is 1. The highest BCUT2D eigenvalue weighted by Crippen LogP contribution is 2.48. The van der Waals surface area contributed by atoms with Crippen molar-refractivity contribution in [3.8, 4) is 0 Å². The molecule has 2 aromatic rings. The second-order valence-corrected chi connectivity index (χ2v) is 6.80. The molecule has 4 rings (SSSR count). The van der Waals surface area contributed by atoms with Crippen LogP contribution in [-0.4, -0.2) is 47.3 Å². The monoisotopic (exact) mass is 300 g/mol. The van der Waals surface area contributed by atoms with Gasteiger partial charge in [-0.05, 0) is 37.1 Å². The van der Waals surface area contributed by atoms with Gasteiger partial charge in [-0.15, -0.1) is 0 Å². The van der Waals surface area contributed by atoms with E-state index in [0.717, 1.165) is 26.0 Å². The molecule has 3 atom stereocenters. The molecule has 1 aliphatic carbocycles. The topological polar surface area (TPSA) is 48.5 Å². The summed E-state index contributed by atoms with van der Waals surface area (Å²) in [6, 6.07) is 6.70. The van der Waals surface area contributed by atoms with E-state index in [4.69, 9.17) is 4.74 Å². The van der Waals surface area contributed by atoms with Crippen LogP contribution in [0.2, 0.25) is 0 Å². The van der Waals surface area contributed by atoms with Gasteiger partial charge in [-0.1, -0.05) is 19.1 Å². The van der Waals surface area contributed by atoms with E-state index in [1.165, 1.54) is 22.0 Å². The Morgan fingerprint density at radius 2 is 2.32 bits per heavy atom. The first-order valence-corrected chi connectivity index (χ1v) is 8.27. The van der Waals surface area contributed by atoms with E-state index in [1.807, 2.05) is 0 Å². The van der Waals surface area contributed by atoms with E-state index < -0.39 is 5.60 Å². The normalized spacial score (nSPS) is 31.4. The summed E-state index contributed by atoms with van der Waals surface area (Å²) in [5, 5.41) is 11.7. The zero-order valence-corrected chi connectivity index (χ0v) is 13.3. The Labute approximate surface area is 131 Å². The summed E-state index contributed by atoms with van der Waals surface area (Å²) in [6.45, 7) is 3.59. The van der Waals surface area contributed by atoms with Crippen LogP contribution in [0.1, 0.15) is 30.9 Å². The second kappa shape index (κ2) is 5.08. The fourth-order valence-corrected chi connectivity index (χ4v) is 4.47. The van der Waals surface area contributed by atoms with Gasteiger partial charge in [0, 0.05) is 42.7 Å². The van der Waals surface area contributed by atoms with Gasteiger partial charge in [0.25, 0.3) is 0 Å². The number of likely N-dealkylation sites (N-methyl/N-ethyl adjacent to an activating group) is 1. The predicted octanol–water partition coefficient (Wildman–Crippen LogP) is 2.41. The van der Waals surface area contributed by atoms with Crippen LogP contribution in [0.5, 0.6) is 0 Å². The number of hydrogen-bond donors (Lipinski definition) is 2. The third-order valence-corrected chi connectivity index (χ3v) is 5.33. The van der Waals surface area contributed by atoms with Crippen molar-refractivity contribution in [1.29, 1.82) is 0 Å². The Kier molecular flexibility index (Phi) is 3.29. The van der Waals surface area contributed by atoms with Crippen LogP contribution < -0.4 is 0 Å².